The number of amides is 1. The van der Waals surface area contributed by atoms with Crippen LogP contribution >= 0.6 is 0 Å². The maximum absolute atomic E-state index is 12.1. The number of nitrogens with one attached hydrogen (secondary N) is 1. The number of carbonyl (C=O) groups excluding carboxylic acids is 3. The summed E-state index contributed by atoms with van der Waals surface area (Å²) in [6, 6.07) is 13.1. The zero-order valence-electron chi connectivity index (χ0n) is 16.0. The van der Waals surface area contributed by atoms with E-state index in [1.54, 1.807) is 13.0 Å². The van der Waals surface area contributed by atoms with E-state index in [2.05, 4.69) is 5.32 Å². The third-order valence-electron chi connectivity index (χ3n) is 5.33. The molecule has 0 spiro atoms. The van der Waals surface area contributed by atoms with Crippen LogP contribution in [-0.4, -0.2) is 35.7 Å². The maximum atomic E-state index is 12.1. The van der Waals surface area contributed by atoms with E-state index in [0.29, 0.717) is 5.69 Å². The standard InChI is InChI=1S/C21H22N2O6/c1-13-8-19(24)17(18(13)11-23(27)28)10-21(26)29-12-20(25)22-16-7-6-14-4-2-3-5-15(14)9-16/h2-7,9,13,17-18H,8,10-12H2,1H3,(H,22,25)/t13-,17-,18+/m0/s1. The molecule has 0 saturated heterocycles. The third-order valence-corrected chi connectivity index (χ3v) is 5.33. The normalized spacial score (nSPS) is 21.1. The van der Waals surface area contributed by atoms with Crippen molar-refractivity contribution in [1.82, 2.24) is 0 Å². The molecule has 2 aromatic carbocycles. The Labute approximate surface area is 167 Å². The van der Waals surface area contributed by atoms with Gasteiger partial charge in [0.25, 0.3) is 5.91 Å². The molecule has 8 nitrogen and oxygen atoms in total. The number of anilines is 1. The van der Waals surface area contributed by atoms with Gasteiger partial charge in [-0.1, -0.05) is 37.3 Å². The van der Waals surface area contributed by atoms with E-state index in [1.807, 2.05) is 36.4 Å². The average molecular weight is 398 g/mol. The van der Waals surface area contributed by atoms with E-state index < -0.39 is 35.2 Å². The lowest BCUT2D eigenvalue weighted by Crippen LogP contribution is -2.28. The Bertz CT molecular complexity index is 957. The van der Waals surface area contributed by atoms with Crippen molar-refractivity contribution in [3.63, 3.8) is 0 Å². The zero-order chi connectivity index (χ0) is 21.0. The quantitative estimate of drug-likeness (QED) is 0.436. The second kappa shape index (κ2) is 8.81. The summed E-state index contributed by atoms with van der Waals surface area (Å²) < 4.78 is 4.99. The summed E-state index contributed by atoms with van der Waals surface area (Å²) >= 11 is 0. The van der Waals surface area contributed by atoms with Crippen LogP contribution in [0.2, 0.25) is 0 Å². The molecule has 1 aliphatic rings. The highest BCUT2D eigenvalue weighted by molar-refractivity contribution is 5.96. The van der Waals surface area contributed by atoms with E-state index in [4.69, 9.17) is 4.74 Å². The molecular formula is C21H22N2O6. The Morgan fingerprint density at radius 2 is 1.93 bits per heavy atom. The minimum atomic E-state index is -0.730. The molecule has 1 fully saturated rings. The van der Waals surface area contributed by atoms with Crippen molar-refractivity contribution < 1.29 is 24.0 Å². The second-order valence-corrected chi connectivity index (χ2v) is 7.41. The topological polar surface area (TPSA) is 116 Å². The molecule has 1 amide bonds. The minimum Gasteiger partial charge on any atom is -0.456 e. The number of ketones is 1. The first-order chi connectivity index (χ1) is 13.8. The van der Waals surface area contributed by atoms with Gasteiger partial charge in [0, 0.05) is 28.9 Å². The first kappa shape index (κ1) is 20.4. The monoisotopic (exact) mass is 398 g/mol. The van der Waals surface area contributed by atoms with Crippen LogP contribution in [0.4, 0.5) is 5.69 Å². The van der Waals surface area contributed by atoms with Crippen molar-refractivity contribution in [3.05, 3.63) is 52.6 Å². The molecule has 3 rings (SSSR count). The molecule has 1 aliphatic carbocycles. The number of rotatable bonds is 7. The van der Waals surface area contributed by atoms with Gasteiger partial charge in [0.1, 0.15) is 5.78 Å². The number of carbonyl (C=O) groups is 3. The van der Waals surface area contributed by atoms with E-state index >= 15 is 0 Å². The highest BCUT2D eigenvalue weighted by Crippen LogP contribution is 2.36. The Kier molecular flexibility index (Phi) is 6.21. The fraction of sp³-hybridized carbons (Fsp3) is 0.381. The smallest absolute Gasteiger partial charge is 0.307 e. The van der Waals surface area contributed by atoms with Crippen LogP contribution in [0.15, 0.2) is 42.5 Å². The summed E-state index contributed by atoms with van der Waals surface area (Å²) in [4.78, 5) is 46.6. The van der Waals surface area contributed by atoms with Crippen molar-refractivity contribution in [2.75, 3.05) is 18.5 Å². The van der Waals surface area contributed by atoms with Gasteiger partial charge < -0.3 is 10.1 Å². The Morgan fingerprint density at radius 3 is 2.66 bits per heavy atom. The molecular weight excluding hydrogens is 376 g/mol. The van der Waals surface area contributed by atoms with Crippen LogP contribution in [0.1, 0.15) is 19.8 Å². The van der Waals surface area contributed by atoms with E-state index in [9.17, 15) is 24.5 Å². The Hall–Kier alpha value is -3.29. The summed E-state index contributed by atoms with van der Waals surface area (Å²) in [6.45, 7) is 0.934. The second-order valence-electron chi connectivity index (χ2n) is 7.41. The van der Waals surface area contributed by atoms with Crippen molar-refractivity contribution in [2.24, 2.45) is 17.8 Å². The maximum Gasteiger partial charge on any atom is 0.307 e. The first-order valence-electron chi connectivity index (χ1n) is 9.42. The van der Waals surface area contributed by atoms with Crippen molar-refractivity contribution in [1.29, 1.82) is 0 Å². The number of esters is 1. The number of fused-ring (bicyclic) bond motifs is 1. The molecule has 152 valence electrons. The fourth-order valence-electron chi connectivity index (χ4n) is 3.85. The molecule has 8 heteroatoms. The van der Waals surface area contributed by atoms with Crippen molar-refractivity contribution in [2.45, 2.75) is 19.8 Å². The number of benzene rings is 2. The molecule has 0 aliphatic heterocycles. The van der Waals surface area contributed by atoms with Gasteiger partial charge in [0.2, 0.25) is 6.54 Å². The van der Waals surface area contributed by atoms with E-state index in [1.165, 1.54) is 0 Å². The van der Waals surface area contributed by atoms with Crippen molar-refractivity contribution >= 4 is 34.1 Å². The third kappa shape index (κ3) is 5.16. The van der Waals surface area contributed by atoms with Crippen LogP contribution in [0.25, 0.3) is 10.8 Å². The predicted octanol–water partition coefficient (Wildman–Crippen LogP) is 2.83. The molecule has 0 unspecified atom stereocenters. The molecule has 3 atom stereocenters. The molecule has 1 N–H and O–H groups in total. The van der Waals surface area contributed by atoms with Crippen LogP contribution in [-0.2, 0) is 19.1 Å². The molecule has 1 saturated carbocycles. The SMILES string of the molecule is C[C@H]1CC(=O)[C@@H](CC(=O)OCC(=O)Nc2ccc3ccccc3c2)[C@@H]1C[N+](=O)[O-]. The highest BCUT2D eigenvalue weighted by Gasteiger charge is 2.44. The molecule has 0 aromatic heterocycles. The molecule has 0 heterocycles. The summed E-state index contributed by atoms with van der Waals surface area (Å²) in [5.74, 6) is -2.74. The molecule has 0 radical (unpaired) electrons. The zero-order valence-corrected chi connectivity index (χ0v) is 16.0. The summed E-state index contributed by atoms with van der Waals surface area (Å²) in [6.07, 6.45) is -0.0240. The van der Waals surface area contributed by atoms with Crippen molar-refractivity contribution in [3.8, 4) is 0 Å². The van der Waals surface area contributed by atoms with Gasteiger partial charge in [0.15, 0.2) is 6.61 Å². The van der Waals surface area contributed by atoms with Crippen LogP contribution < -0.4 is 5.32 Å². The highest BCUT2D eigenvalue weighted by atomic mass is 16.6. The Balaban J connectivity index is 1.52. The fourth-order valence-corrected chi connectivity index (χ4v) is 3.85. The van der Waals surface area contributed by atoms with Crippen LogP contribution in [0.5, 0.6) is 0 Å². The number of hydrogen-bond donors (Lipinski definition) is 1. The van der Waals surface area contributed by atoms with Gasteiger partial charge >= 0.3 is 5.97 Å². The largest absolute Gasteiger partial charge is 0.456 e. The molecule has 2 aromatic rings. The summed E-state index contributed by atoms with van der Waals surface area (Å²) in [5.41, 5.74) is 0.579. The number of hydrogen-bond acceptors (Lipinski definition) is 6. The van der Waals surface area contributed by atoms with Gasteiger partial charge in [-0.3, -0.25) is 24.5 Å². The predicted molar refractivity (Wildman–Crippen MR) is 106 cm³/mol. The van der Waals surface area contributed by atoms with Crippen LogP contribution in [0.3, 0.4) is 0 Å². The lowest BCUT2D eigenvalue weighted by atomic mass is 9.88. The van der Waals surface area contributed by atoms with Gasteiger partial charge in [-0.25, -0.2) is 0 Å². The molecule has 29 heavy (non-hydrogen) atoms. The Morgan fingerprint density at radius 1 is 1.21 bits per heavy atom. The summed E-state index contributed by atoms with van der Waals surface area (Å²) in [5, 5.41) is 15.5. The first-order valence-corrected chi connectivity index (χ1v) is 9.42. The number of nitrogens with zero attached hydrogens (tertiary/aromatic N) is 1. The van der Waals surface area contributed by atoms with Gasteiger partial charge in [-0.05, 0) is 28.8 Å². The number of ether oxygens (including phenoxy) is 1. The van der Waals surface area contributed by atoms with Crippen LogP contribution in [0, 0.1) is 27.9 Å². The lowest BCUT2D eigenvalue weighted by Gasteiger charge is -2.17. The van der Waals surface area contributed by atoms with E-state index in [-0.39, 0.29) is 31.1 Å². The van der Waals surface area contributed by atoms with E-state index in [0.717, 1.165) is 10.8 Å². The minimum absolute atomic E-state index is 0.151. The van der Waals surface area contributed by atoms with Gasteiger partial charge in [0.05, 0.1) is 6.42 Å². The number of Topliss-reactive ketones (excluding diaryl/α,β-unsaturated/α-hetero) is 1. The number of nitro groups is 1. The molecule has 0 bridgehead atoms. The lowest BCUT2D eigenvalue weighted by molar-refractivity contribution is -0.490. The average Bonchev–Trinajstić information content (AvgIpc) is 2.93. The van der Waals surface area contributed by atoms with Gasteiger partial charge in [-0.15, -0.1) is 0 Å². The van der Waals surface area contributed by atoms with Gasteiger partial charge in [-0.2, -0.15) is 0 Å². The summed E-state index contributed by atoms with van der Waals surface area (Å²) in [7, 11) is 0.